The lowest BCUT2D eigenvalue weighted by Gasteiger charge is -2.14. The first-order chi connectivity index (χ1) is 8.54. The Hall–Kier alpha value is -1.81. The van der Waals surface area contributed by atoms with Crippen LogP contribution < -0.4 is 10.5 Å². The highest BCUT2D eigenvalue weighted by Crippen LogP contribution is 2.27. The Morgan fingerprint density at radius 3 is 2.61 bits per heavy atom. The summed E-state index contributed by atoms with van der Waals surface area (Å²) in [6, 6.07) is 7.68. The predicted molar refractivity (Wildman–Crippen MR) is 71.7 cm³/mol. The van der Waals surface area contributed by atoms with Crippen molar-refractivity contribution in [2.75, 3.05) is 7.11 Å². The number of aryl methyl sites for hydroxylation is 2. The molecule has 2 rings (SSSR count). The van der Waals surface area contributed by atoms with Gasteiger partial charge in [0.25, 0.3) is 0 Å². The highest BCUT2D eigenvalue weighted by Gasteiger charge is 2.18. The number of rotatable bonds is 3. The molecule has 2 N–H and O–H groups in total. The Balaban J connectivity index is 2.44. The fourth-order valence-corrected chi connectivity index (χ4v) is 2.24. The summed E-state index contributed by atoms with van der Waals surface area (Å²) < 4.78 is 7.10. The molecule has 96 valence electrons. The van der Waals surface area contributed by atoms with Gasteiger partial charge in [-0.1, -0.05) is 12.1 Å². The standard InChI is InChI=1S/C14H19N3O/c1-9-13(10(2)17(3)16-9)14(15)11-6-5-7-12(8-11)18-4/h5-8,14H,15H2,1-4H3. The third kappa shape index (κ3) is 2.11. The maximum atomic E-state index is 6.35. The molecule has 1 heterocycles. The number of ether oxygens (including phenoxy) is 1. The van der Waals surface area contributed by atoms with Gasteiger partial charge < -0.3 is 10.5 Å². The van der Waals surface area contributed by atoms with Crippen molar-refractivity contribution < 1.29 is 4.74 Å². The number of hydrogen-bond donors (Lipinski definition) is 1. The summed E-state index contributed by atoms with van der Waals surface area (Å²) in [4.78, 5) is 0. The average Bonchev–Trinajstić information content (AvgIpc) is 2.62. The Labute approximate surface area is 107 Å². The lowest BCUT2D eigenvalue weighted by atomic mass is 9.98. The van der Waals surface area contributed by atoms with Crippen molar-refractivity contribution in [3.8, 4) is 5.75 Å². The molecular weight excluding hydrogens is 226 g/mol. The Bertz CT molecular complexity index is 560. The van der Waals surface area contributed by atoms with Crippen LogP contribution >= 0.6 is 0 Å². The first-order valence-corrected chi connectivity index (χ1v) is 5.94. The van der Waals surface area contributed by atoms with Crippen LogP contribution in [0.2, 0.25) is 0 Å². The number of nitrogens with two attached hydrogens (primary N) is 1. The molecule has 18 heavy (non-hydrogen) atoms. The summed E-state index contributed by atoms with van der Waals surface area (Å²) in [6.45, 7) is 4.03. The Morgan fingerprint density at radius 2 is 2.06 bits per heavy atom. The van der Waals surface area contributed by atoms with E-state index in [1.54, 1.807) is 7.11 Å². The molecule has 0 amide bonds. The minimum atomic E-state index is -0.172. The van der Waals surface area contributed by atoms with E-state index in [4.69, 9.17) is 10.5 Å². The molecule has 0 fully saturated rings. The molecule has 4 heteroatoms. The van der Waals surface area contributed by atoms with E-state index in [0.29, 0.717) is 0 Å². The molecule has 0 spiro atoms. The van der Waals surface area contributed by atoms with E-state index < -0.39 is 0 Å². The van der Waals surface area contributed by atoms with Crippen molar-refractivity contribution in [1.29, 1.82) is 0 Å². The fourth-order valence-electron chi connectivity index (χ4n) is 2.24. The summed E-state index contributed by atoms with van der Waals surface area (Å²) in [7, 11) is 3.59. The molecule has 0 aliphatic rings. The van der Waals surface area contributed by atoms with Crippen molar-refractivity contribution in [2.24, 2.45) is 12.8 Å². The molecule has 1 aromatic carbocycles. The second-order valence-electron chi connectivity index (χ2n) is 4.46. The van der Waals surface area contributed by atoms with Crippen LogP contribution in [0.4, 0.5) is 0 Å². The highest BCUT2D eigenvalue weighted by molar-refractivity contribution is 5.39. The van der Waals surface area contributed by atoms with Crippen molar-refractivity contribution in [1.82, 2.24) is 9.78 Å². The monoisotopic (exact) mass is 245 g/mol. The molecule has 0 bridgehead atoms. The average molecular weight is 245 g/mol. The van der Waals surface area contributed by atoms with E-state index >= 15 is 0 Å². The third-order valence-corrected chi connectivity index (χ3v) is 3.33. The van der Waals surface area contributed by atoms with Gasteiger partial charge in [0, 0.05) is 18.3 Å². The second-order valence-corrected chi connectivity index (χ2v) is 4.46. The minimum Gasteiger partial charge on any atom is -0.497 e. The van der Waals surface area contributed by atoms with Gasteiger partial charge in [-0.05, 0) is 31.5 Å². The molecule has 1 unspecified atom stereocenters. The number of methoxy groups -OCH3 is 1. The van der Waals surface area contributed by atoms with Crippen molar-refractivity contribution in [3.63, 3.8) is 0 Å². The largest absolute Gasteiger partial charge is 0.497 e. The van der Waals surface area contributed by atoms with E-state index in [2.05, 4.69) is 5.10 Å². The van der Waals surface area contributed by atoms with Crippen LogP contribution in [0.25, 0.3) is 0 Å². The molecular formula is C14H19N3O. The van der Waals surface area contributed by atoms with Gasteiger partial charge in [0.15, 0.2) is 0 Å². The van der Waals surface area contributed by atoms with Crippen molar-refractivity contribution in [3.05, 3.63) is 46.8 Å². The Morgan fingerprint density at radius 1 is 1.33 bits per heavy atom. The van der Waals surface area contributed by atoms with Crippen LogP contribution in [-0.4, -0.2) is 16.9 Å². The fraction of sp³-hybridized carbons (Fsp3) is 0.357. The third-order valence-electron chi connectivity index (χ3n) is 3.33. The van der Waals surface area contributed by atoms with Crippen molar-refractivity contribution >= 4 is 0 Å². The number of nitrogens with zero attached hydrogens (tertiary/aromatic N) is 2. The smallest absolute Gasteiger partial charge is 0.119 e. The minimum absolute atomic E-state index is 0.172. The summed E-state index contributed by atoms with van der Waals surface area (Å²) >= 11 is 0. The predicted octanol–water partition coefficient (Wildman–Crippen LogP) is 2.09. The second kappa shape index (κ2) is 4.82. The topological polar surface area (TPSA) is 53.1 Å². The SMILES string of the molecule is COc1cccc(C(N)c2c(C)nn(C)c2C)c1. The van der Waals surface area contributed by atoms with Gasteiger partial charge in [-0.2, -0.15) is 5.10 Å². The summed E-state index contributed by atoms with van der Waals surface area (Å²) in [5.74, 6) is 0.821. The van der Waals surface area contributed by atoms with Gasteiger partial charge in [-0.3, -0.25) is 4.68 Å². The molecule has 1 aromatic heterocycles. The molecule has 2 aromatic rings. The number of aromatic nitrogens is 2. The molecule has 0 aliphatic carbocycles. The van der Waals surface area contributed by atoms with Crippen LogP contribution in [0.15, 0.2) is 24.3 Å². The lowest BCUT2D eigenvalue weighted by Crippen LogP contribution is -2.14. The normalized spacial score (nSPS) is 12.5. The van der Waals surface area contributed by atoms with Gasteiger partial charge in [0.1, 0.15) is 5.75 Å². The van der Waals surface area contributed by atoms with Crippen LogP contribution in [0, 0.1) is 13.8 Å². The number of benzene rings is 1. The summed E-state index contributed by atoms with van der Waals surface area (Å²) in [5.41, 5.74) is 10.5. The summed E-state index contributed by atoms with van der Waals surface area (Å²) in [5, 5.41) is 4.41. The molecule has 0 radical (unpaired) electrons. The maximum Gasteiger partial charge on any atom is 0.119 e. The zero-order valence-corrected chi connectivity index (χ0v) is 11.3. The quantitative estimate of drug-likeness (QED) is 0.901. The van der Waals surface area contributed by atoms with E-state index in [0.717, 1.165) is 28.3 Å². The van der Waals surface area contributed by atoms with E-state index in [9.17, 15) is 0 Å². The van der Waals surface area contributed by atoms with Gasteiger partial charge in [-0.15, -0.1) is 0 Å². The van der Waals surface area contributed by atoms with E-state index in [1.807, 2.05) is 49.8 Å². The Kier molecular flexibility index (Phi) is 3.39. The first-order valence-electron chi connectivity index (χ1n) is 5.94. The molecule has 4 nitrogen and oxygen atoms in total. The first kappa shape index (κ1) is 12.6. The molecule has 0 saturated heterocycles. The molecule has 0 aliphatic heterocycles. The van der Waals surface area contributed by atoms with Crippen LogP contribution in [0.3, 0.4) is 0 Å². The van der Waals surface area contributed by atoms with Crippen LogP contribution in [0.5, 0.6) is 5.75 Å². The van der Waals surface area contributed by atoms with Gasteiger partial charge in [0.2, 0.25) is 0 Å². The van der Waals surface area contributed by atoms with Crippen molar-refractivity contribution in [2.45, 2.75) is 19.9 Å². The van der Waals surface area contributed by atoms with E-state index in [1.165, 1.54) is 0 Å². The summed E-state index contributed by atoms with van der Waals surface area (Å²) in [6.07, 6.45) is 0. The zero-order chi connectivity index (χ0) is 13.3. The zero-order valence-electron chi connectivity index (χ0n) is 11.3. The lowest BCUT2D eigenvalue weighted by molar-refractivity contribution is 0.414. The van der Waals surface area contributed by atoms with Crippen LogP contribution in [0.1, 0.15) is 28.6 Å². The highest BCUT2D eigenvalue weighted by atomic mass is 16.5. The van der Waals surface area contributed by atoms with Gasteiger partial charge in [-0.25, -0.2) is 0 Å². The molecule has 1 atom stereocenters. The number of hydrogen-bond acceptors (Lipinski definition) is 3. The van der Waals surface area contributed by atoms with Crippen LogP contribution in [-0.2, 0) is 7.05 Å². The van der Waals surface area contributed by atoms with Gasteiger partial charge >= 0.3 is 0 Å². The molecule has 0 saturated carbocycles. The maximum absolute atomic E-state index is 6.35. The van der Waals surface area contributed by atoms with Gasteiger partial charge in [0.05, 0.1) is 18.8 Å². The van der Waals surface area contributed by atoms with E-state index in [-0.39, 0.29) is 6.04 Å².